The topological polar surface area (TPSA) is 115 Å². The second-order valence-corrected chi connectivity index (χ2v) is 7.82. The quantitative estimate of drug-likeness (QED) is 0.529. The van der Waals surface area contributed by atoms with Gasteiger partial charge in [-0.15, -0.1) is 0 Å². The number of aromatic nitrogens is 2. The zero-order valence-electron chi connectivity index (χ0n) is 17.1. The molecule has 1 aliphatic rings. The first kappa shape index (κ1) is 21.7. The van der Waals surface area contributed by atoms with Gasteiger partial charge in [0, 0.05) is 24.9 Å². The molecule has 164 valence electrons. The van der Waals surface area contributed by atoms with Crippen LogP contribution in [0.5, 0.6) is 0 Å². The van der Waals surface area contributed by atoms with Crippen LogP contribution in [0.15, 0.2) is 54.9 Å². The number of pyridine rings is 2. The van der Waals surface area contributed by atoms with E-state index in [1.807, 2.05) is 0 Å². The van der Waals surface area contributed by atoms with E-state index in [0.29, 0.717) is 18.4 Å². The smallest absolute Gasteiger partial charge is 0.187 e. The summed E-state index contributed by atoms with van der Waals surface area (Å²) in [5.41, 5.74) is 13.9. The molecule has 5 N–H and O–H groups in total. The zero-order chi connectivity index (χ0) is 22.8. The van der Waals surface area contributed by atoms with Crippen molar-refractivity contribution in [2.75, 3.05) is 5.73 Å². The first-order valence-corrected chi connectivity index (χ1v) is 10.1. The van der Waals surface area contributed by atoms with E-state index in [4.69, 9.17) is 11.5 Å². The number of Topliss-reactive ketones (excluding diaryl/α,β-unsaturated/α-hetero) is 1. The van der Waals surface area contributed by atoms with Crippen molar-refractivity contribution in [2.24, 2.45) is 5.73 Å². The van der Waals surface area contributed by atoms with E-state index in [1.165, 1.54) is 18.2 Å². The summed E-state index contributed by atoms with van der Waals surface area (Å²) < 4.78 is 28.4. The van der Waals surface area contributed by atoms with Gasteiger partial charge in [0.1, 0.15) is 17.3 Å². The molecule has 4 rings (SSSR count). The van der Waals surface area contributed by atoms with Gasteiger partial charge in [0.05, 0.1) is 23.0 Å². The van der Waals surface area contributed by atoms with E-state index in [0.717, 1.165) is 23.3 Å². The number of hydrogen-bond donors (Lipinski definition) is 3. The predicted molar refractivity (Wildman–Crippen MR) is 117 cm³/mol. The molecule has 8 heteroatoms. The molecular weight excluding hydrogens is 414 g/mol. The molecule has 0 bridgehead atoms. The number of carbonyl (C=O) groups is 1. The van der Waals surface area contributed by atoms with Crippen LogP contribution >= 0.6 is 0 Å². The molecule has 1 aromatic carbocycles. The summed E-state index contributed by atoms with van der Waals surface area (Å²) in [4.78, 5) is 21.4. The van der Waals surface area contributed by atoms with Gasteiger partial charge in [-0.1, -0.05) is 12.1 Å². The highest BCUT2D eigenvalue weighted by Gasteiger charge is 2.23. The van der Waals surface area contributed by atoms with Crippen molar-refractivity contribution < 1.29 is 18.7 Å². The fourth-order valence-electron chi connectivity index (χ4n) is 3.96. The minimum atomic E-state index is -0.783. The molecule has 1 aliphatic carbocycles. The number of halogens is 2. The third-order valence-electron chi connectivity index (χ3n) is 5.43. The minimum absolute atomic E-state index is 0.0198. The van der Waals surface area contributed by atoms with Crippen molar-refractivity contribution in [1.29, 1.82) is 0 Å². The molecule has 0 amide bonds. The first-order valence-electron chi connectivity index (χ1n) is 10.1. The molecule has 0 radical (unpaired) electrons. The minimum Gasteiger partial charge on any atom is -0.397 e. The summed E-state index contributed by atoms with van der Waals surface area (Å²) >= 11 is 0. The monoisotopic (exact) mass is 436 g/mol. The Kier molecular flexibility index (Phi) is 6.07. The third-order valence-corrected chi connectivity index (χ3v) is 5.43. The van der Waals surface area contributed by atoms with Gasteiger partial charge in [0.15, 0.2) is 5.78 Å². The SMILES string of the molecule is Nc1ccc(-c2c(F)cccc2F)nc1C(=O)Cc1cnccc1C1=CC(O)CC(N)C1. The number of aliphatic hydroxyl groups is 1. The van der Waals surface area contributed by atoms with Crippen LogP contribution < -0.4 is 11.5 Å². The van der Waals surface area contributed by atoms with Gasteiger partial charge in [0.2, 0.25) is 0 Å². The molecule has 0 saturated carbocycles. The summed E-state index contributed by atoms with van der Waals surface area (Å²) in [6.45, 7) is 0. The van der Waals surface area contributed by atoms with Crippen molar-refractivity contribution in [3.8, 4) is 11.3 Å². The van der Waals surface area contributed by atoms with Crippen molar-refractivity contribution in [3.63, 3.8) is 0 Å². The average Bonchev–Trinajstić information content (AvgIpc) is 2.74. The summed E-state index contributed by atoms with van der Waals surface area (Å²) in [5.74, 6) is -1.99. The lowest BCUT2D eigenvalue weighted by molar-refractivity contribution is 0.0989. The highest BCUT2D eigenvalue weighted by molar-refractivity contribution is 6.01. The molecule has 0 aliphatic heterocycles. The lowest BCUT2D eigenvalue weighted by atomic mass is 9.86. The maximum atomic E-state index is 14.2. The molecule has 2 heterocycles. The predicted octanol–water partition coefficient (Wildman–Crippen LogP) is 3.29. The number of rotatable bonds is 5. The van der Waals surface area contributed by atoms with E-state index in [9.17, 15) is 18.7 Å². The van der Waals surface area contributed by atoms with Gasteiger partial charge in [-0.25, -0.2) is 13.8 Å². The number of hydrogen-bond acceptors (Lipinski definition) is 6. The van der Waals surface area contributed by atoms with Crippen LogP contribution in [0, 0.1) is 11.6 Å². The first-order chi connectivity index (χ1) is 15.3. The fraction of sp³-hybridized carbons (Fsp3) is 0.208. The highest BCUT2D eigenvalue weighted by atomic mass is 19.1. The average molecular weight is 436 g/mol. The van der Waals surface area contributed by atoms with E-state index >= 15 is 0 Å². The van der Waals surface area contributed by atoms with Gasteiger partial charge >= 0.3 is 0 Å². The van der Waals surface area contributed by atoms with Crippen molar-refractivity contribution in [1.82, 2.24) is 9.97 Å². The maximum Gasteiger partial charge on any atom is 0.187 e. The van der Waals surface area contributed by atoms with E-state index < -0.39 is 23.5 Å². The van der Waals surface area contributed by atoms with Crippen LogP contribution in [0.3, 0.4) is 0 Å². The number of ketones is 1. The van der Waals surface area contributed by atoms with Gasteiger partial charge in [-0.3, -0.25) is 9.78 Å². The van der Waals surface area contributed by atoms with Crippen molar-refractivity contribution in [3.05, 3.63) is 83.3 Å². The molecule has 2 unspecified atom stereocenters. The number of nitrogens with two attached hydrogens (primary N) is 2. The summed E-state index contributed by atoms with van der Waals surface area (Å²) in [6.07, 6.45) is 5.21. The number of benzene rings is 1. The molecule has 0 spiro atoms. The Balaban J connectivity index is 1.68. The lowest BCUT2D eigenvalue weighted by Gasteiger charge is -2.24. The van der Waals surface area contributed by atoms with Crippen molar-refractivity contribution in [2.45, 2.75) is 31.4 Å². The summed E-state index contributed by atoms with van der Waals surface area (Å²) in [5, 5.41) is 10.1. The van der Waals surface area contributed by atoms with Crippen LogP contribution in [0.4, 0.5) is 14.5 Å². The van der Waals surface area contributed by atoms with E-state index in [-0.39, 0.29) is 35.1 Å². The van der Waals surface area contributed by atoms with Gasteiger partial charge in [-0.2, -0.15) is 0 Å². The van der Waals surface area contributed by atoms with Gasteiger partial charge in [-0.05, 0) is 59.9 Å². The Morgan fingerprint density at radius 2 is 1.91 bits per heavy atom. The Hall–Kier alpha value is -3.49. The second-order valence-electron chi connectivity index (χ2n) is 7.82. The molecule has 0 fully saturated rings. The fourth-order valence-corrected chi connectivity index (χ4v) is 3.96. The van der Waals surface area contributed by atoms with Gasteiger partial charge in [0.25, 0.3) is 0 Å². The summed E-state index contributed by atoms with van der Waals surface area (Å²) in [7, 11) is 0. The van der Waals surface area contributed by atoms with E-state index in [2.05, 4.69) is 9.97 Å². The standard InChI is InChI=1S/C24H22F2N4O2/c25-18-2-1-3-19(26)23(18)21-5-4-20(28)24(30-21)22(32)10-14-12-29-7-6-17(14)13-8-15(27)11-16(31)9-13/h1-7,9,12,15-16,31H,8,10-11,27-28H2. The number of anilines is 1. The molecule has 6 nitrogen and oxygen atoms in total. The highest BCUT2D eigenvalue weighted by Crippen LogP contribution is 2.30. The molecule has 32 heavy (non-hydrogen) atoms. The Morgan fingerprint density at radius 1 is 1.16 bits per heavy atom. The van der Waals surface area contributed by atoms with Crippen LogP contribution in [-0.4, -0.2) is 33.0 Å². The molecule has 2 aromatic heterocycles. The van der Waals surface area contributed by atoms with Crippen LogP contribution in [0.1, 0.15) is 34.5 Å². The van der Waals surface area contributed by atoms with Crippen LogP contribution in [0.25, 0.3) is 16.8 Å². The van der Waals surface area contributed by atoms with Crippen LogP contribution in [-0.2, 0) is 6.42 Å². The Morgan fingerprint density at radius 3 is 2.62 bits per heavy atom. The second kappa shape index (κ2) is 8.94. The largest absolute Gasteiger partial charge is 0.397 e. The number of aliphatic hydroxyl groups excluding tert-OH is 1. The van der Waals surface area contributed by atoms with Crippen molar-refractivity contribution >= 4 is 17.0 Å². The number of carbonyl (C=O) groups excluding carboxylic acids is 1. The maximum absolute atomic E-state index is 14.2. The Labute approximate surface area is 183 Å². The third kappa shape index (κ3) is 4.42. The summed E-state index contributed by atoms with van der Waals surface area (Å²) in [6, 6.07) is 7.86. The Bertz CT molecular complexity index is 1190. The molecule has 2 atom stereocenters. The molecule has 0 saturated heterocycles. The van der Waals surface area contributed by atoms with Crippen LogP contribution in [0.2, 0.25) is 0 Å². The molecular formula is C24H22F2N4O2. The lowest BCUT2D eigenvalue weighted by Crippen LogP contribution is -2.29. The zero-order valence-corrected chi connectivity index (χ0v) is 17.1. The number of nitrogens with zero attached hydrogens (tertiary/aromatic N) is 2. The number of nitrogen functional groups attached to an aromatic ring is 1. The van der Waals surface area contributed by atoms with Gasteiger partial charge < -0.3 is 16.6 Å². The van der Waals surface area contributed by atoms with E-state index in [1.54, 1.807) is 24.5 Å². The normalized spacial score (nSPS) is 18.3. The molecule has 3 aromatic rings.